The minimum atomic E-state index is -0.508. The molecule has 33 heavy (non-hydrogen) atoms. The second-order valence-corrected chi connectivity index (χ2v) is 8.37. The Balaban J connectivity index is 1.49. The maximum atomic E-state index is 11.8. The lowest BCUT2D eigenvalue weighted by Crippen LogP contribution is -2.44. The van der Waals surface area contributed by atoms with E-state index in [1.165, 1.54) is 0 Å². The Morgan fingerprint density at radius 1 is 1.03 bits per heavy atom. The second kappa shape index (κ2) is 11.6. The number of benzene rings is 2. The molecular formula is C25H33N3O5. The van der Waals surface area contributed by atoms with Gasteiger partial charge in [-0.3, -0.25) is 4.90 Å². The maximum Gasteiger partial charge on any atom is 0.319 e. The van der Waals surface area contributed by atoms with Crippen molar-refractivity contribution >= 4 is 11.7 Å². The van der Waals surface area contributed by atoms with E-state index in [4.69, 9.17) is 14.2 Å². The molecule has 0 saturated carbocycles. The van der Waals surface area contributed by atoms with Crippen LogP contribution in [0.2, 0.25) is 0 Å². The fourth-order valence-electron chi connectivity index (χ4n) is 4.16. The zero-order valence-corrected chi connectivity index (χ0v) is 19.0. The molecule has 3 N–H and O–H groups in total. The van der Waals surface area contributed by atoms with Crippen LogP contribution in [0.25, 0.3) is 0 Å². The van der Waals surface area contributed by atoms with Crippen LogP contribution in [0.15, 0.2) is 48.5 Å². The highest BCUT2D eigenvalue weighted by Crippen LogP contribution is 2.38. The van der Waals surface area contributed by atoms with E-state index in [0.29, 0.717) is 12.2 Å². The van der Waals surface area contributed by atoms with Crippen molar-refractivity contribution in [2.24, 2.45) is 0 Å². The Morgan fingerprint density at radius 3 is 2.39 bits per heavy atom. The van der Waals surface area contributed by atoms with Crippen LogP contribution in [0.4, 0.5) is 10.5 Å². The Kier molecular flexibility index (Phi) is 8.30. The second-order valence-electron chi connectivity index (χ2n) is 8.37. The number of hydrogen-bond acceptors (Lipinski definition) is 6. The molecule has 4 rings (SSSR count). The molecule has 8 heteroatoms. The summed E-state index contributed by atoms with van der Waals surface area (Å²) in [4.78, 5) is 14.2. The molecule has 3 unspecified atom stereocenters. The summed E-state index contributed by atoms with van der Waals surface area (Å²) in [7, 11) is 0. The van der Waals surface area contributed by atoms with Gasteiger partial charge in [-0.25, -0.2) is 4.79 Å². The van der Waals surface area contributed by atoms with Gasteiger partial charge in [0.05, 0.1) is 32.0 Å². The summed E-state index contributed by atoms with van der Waals surface area (Å²) < 4.78 is 18.3. The van der Waals surface area contributed by atoms with Gasteiger partial charge in [0.1, 0.15) is 0 Å². The number of rotatable bonds is 7. The molecule has 2 aliphatic heterocycles. The fraction of sp³-hybridized carbons (Fsp3) is 0.480. The highest BCUT2D eigenvalue weighted by molar-refractivity contribution is 5.89. The number of nitrogens with zero attached hydrogens (tertiary/aromatic N) is 1. The molecule has 178 valence electrons. The topological polar surface area (TPSA) is 92.3 Å². The van der Waals surface area contributed by atoms with Crippen LogP contribution in [0.3, 0.4) is 0 Å². The molecule has 3 atom stereocenters. The molecule has 2 amide bonds. The van der Waals surface area contributed by atoms with Crippen LogP contribution in [0, 0.1) is 0 Å². The molecule has 8 nitrogen and oxygen atoms in total. The number of amides is 2. The number of morpholine rings is 1. The van der Waals surface area contributed by atoms with Crippen LogP contribution < -0.4 is 10.6 Å². The van der Waals surface area contributed by atoms with Crippen LogP contribution in [0.5, 0.6) is 0 Å². The summed E-state index contributed by atoms with van der Waals surface area (Å²) in [5, 5.41) is 14.9. The number of anilines is 1. The number of carbonyl (C=O) groups is 1. The lowest BCUT2D eigenvalue weighted by molar-refractivity contribution is -0.253. The zero-order valence-electron chi connectivity index (χ0n) is 19.0. The molecule has 2 fully saturated rings. The fourth-order valence-corrected chi connectivity index (χ4v) is 4.16. The number of nitrogens with one attached hydrogen (secondary N) is 2. The highest BCUT2D eigenvalue weighted by Gasteiger charge is 2.33. The Hall–Kier alpha value is -2.49. The smallest absolute Gasteiger partial charge is 0.319 e. The van der Waals surface area contributed by atoms with Crippen molar-refractivity contribution in [3.05, 3.63) is 65.2 Å². The quantitative estimate of drug-likeness (QED) is 0.594. The first kappa shape index (κ1) is 23.7. The highest BCUT2D eigenvalue weighted by atomic mass is 16.7. The van der Waals surface area contributed by atoms with Crippen LogP contribution in [0.1, 0.15) is 42.4 Å². The zero-order chi connectivity index (χ0) is 23.0. The number of carbonyl (C=O) groups excluding carboxylic acids is 1. The summed E-state index contributed by atoms with van der Waals surface area (Å²) in [6.45, 7) is 6.60. The SMILES string of the molecule is CCNC(=O)Nc1ccc(C2OC(CN3CCOCC3)CC(c3ccc(CO)cc3)O2)cc1. The monoisotopic (exact) mass is 455 g/mol. The summed E-state index contributed by atoms with van der Waals surface area (Å²) >= 11 is 0. The molecular weight excluding hydrogens is 422 g/mol. The van der Waals surface area contributed by atoms with Gasteiger partial charge in [0.2, 0.25) is 0 Å². The largest absolute Gasteiger partial charge is 0.392 e. The Labute approximate surface area is 194 Å². The normalized spacial score (nSPS) is 23.8. The Morgan fingerprint density at radius 2 is 1.73 bits per heavy atom. The third-order valence-corrected chi connectivity index (χ3v) is 5.96. The molecule has 0 aliphatic carbocycles. The van der Waals surface area contributed by atoms with Gasteiger partial charge in [0, 0.05) is 43.9 Å². The van der Waals surface area contributed by atoms with Crippen molar-refractivity contribution in [3.8, 4) is 0 Å². The molecule has 2 heterocycles. The Bertz CT molecular complexity index is 884. The average molecular weight is 456 g/mol. The van der Waals surface area contributed by atoms with Crippen molar-refractivity contribution < 1.29 is 24.1 Å². The predicted octanol–water partition coefficient (Wildman–Crippen LogP) is 3.20. The number of hydrogen-bond donors (Lipinski definition) is 3. The minimum absolute atomic E-state index is 0.0116. The van der Waals surface area contributed by atoms with Crippen molar-refractivity contribution in [1.29, 1.82) is 0 Å². The first-order chi connectivity index (χ1) is 16.1. The van der Waals surface area contributed by atoms with Crippen molar-refractivity contribution in [2.75, 3.05) is 44.7 Å². The van der Waals surface area contributed by atoms with E-state index in [0.717, 1.165) is 56.0 Å². The van der Waals surface area contributed by atoms with Gasteiger partial charge >= 0.3 is 6.03 Å². The molecule has 2 saturated heterocycles. The van der Waals surface area contributed by atoms with Gasteiger partial charge in [0.15, 0.2) is 6.29 Å². The lowest BCUT2D eigenvalue weighted by Gasteiger charge is -2.39. The van der Waals surface area contributed by atoms with Crippen molar-refractivity contribution in [2.45, 2.75) is 38.4 Å². The number of aliphatic hydroxyl groups excluding tert-OH is 1. The van der Waals surface area contributed by atoms with Gasteiger partial charge in [-0.15, -0.1) is 0 Å². The molecule has 2 aromatic carbocycles. The lowest BCUT2D eigenvalue weighted by atomic mass is 9.99. The van der Waals surface area contributed by atoms with Gasteiger partial charge in [-0.1, -0.05) is 36.4 Å². The van der Waals surface area contributed by atoms with Gasteiger partial charge in [-0.2, -0.15) is 0 Å². The molecule has 0 aromatic heterocycles. The molecule has 0 spiro atoms. The molecule has 2 aliphatic rings. The van der Waals surface area contributed by atoms with E-state index in [-0.39, 0.29) is 24.8 Å². The molecule has 0 bridgehead atoms. The molecule has 0 radical (unpaired) electrons. The number of aliphatic hydroxyl groups is 1. The third kappa shape index (κ3) is 6.52. The summed E-state index contributed by atoms with van der Waals surface area (Å²) in [5.41, 5.74) is 3.56. The van der Waals surface area contributed by atoms with Gasteiger partial charge < -0.3 is 30.0 Å². The van der Waals surface area contributed by atoms with E-state index >= 15 is 0 Å². The number of urea groups is 1. The van der Waals surface area contributed by atoms with Crippen LogP contribution in [-0.2, 0) is 20.8 Å². The van der Waals surface area contributed by atoms with Gasteiger partial charge in [0.25, 0.3) is 0 Å². The van der Waals surface area contributed by atoms with E-state index < -0.39 is 6.29 Å². The summed E-state index contributed by atoms with van der Waals surface area (Å²) in [6.07, 6.45) is 0.141. The average Bonchev–Trinajstić information content (AvgIpc) is 2.85. The number of ether oxygens (including phenoxy) is 3. The minimum Gasteiger partial charge on any atom is -0.392 e. The van der Waals surface area contributed by atoms with E-state index in [9.17, 15) is 9.90 Å². The van der Waals surface area contributed by atoms with Crippen molar-refractivity contribution in [1.82, 2.24) is 10.2 Å². The van der Waals surface area contributed by atoms with Crippen LogP contribution in [-0.4, -0.2) is 61.5 Å². The van der Waals surface area contributed by atoms with E-state index in [1.54, 1.807) is 0 Å². The first-order valence-corrected chi connectivity index (χ1v) is 11.6. The third-order valence-electron chi connectivity index (χ3n) is 5.96. The van der Waals surface area contributed by atoms with E-state index in [2.05, 4.69) is 15.5 Å². The molecule has 2 aromatic rings. The van der Waals surface area contributed by atoms with Gasteiger partial charge in [-0.05, 0) is 30.2 Å². The predicted molar refractivity (Wildman–Crippen MR) is 125 cm³/mol. The van der Waals surface area contributed by atoms with E-state index in [1.807, 2.05) is 55.5 Å². The maximum absolute atomic E-state index is 11.8. The standard InChI is InChI=1S/C25H33N3O5/c1-2-26-25(30)27-21-9-7-20(8-10-21)24-32-22(16-28-11-13-31-14-12-28)15-23(33-24)19-5-3-18(17-29)4-6-19/h3-10,22-24,29H,2,11-17H2,1H3,(H2,26,27,30). The van der Waals surface area contributed by atoms with Crippen molar-refractivity contribution in [3.63, 3.8) is 0 Å². The first-order valence-electron chi connectivity index (χ1n) is 11.6. The summed E-state index contributed by atoms with van der Waals surface area (Å²) in [5.74, 6) is 0. The summed E-state index contributed by atoms with van der Waals surface area (Å²) in [6, 6.07) is 15.2. The van der Waals surface area contributed by atoms with Crippen LogP contribution >= 0.6 is 0 Å².